The van der Waals surface area contributed by atoms with Crippen molar-refractivity contribution < 1.29 is 9.59 Å². The molecular formula is C20H29NO2. The summed E-state index contributed by atoms with van der Waals surface area (Å²) < 4.78 is 0. The molecule has 1 amide bonds. The van der Waals surface area contributed by atoms with Gasteiger partial charge < -0.3 is 4.90 Å². The van der Waals surface area contributed by atoms with E-state index in [4.69, 9.17) is 0 Å². The van der Waals surface area contributed by atoms with Crippen LogP contribution in [0.4, 0.5) is 0 Å². The molecule has 0 aliphatic heterocycles. The summed E-state index contributed by atoms with van der Waals surface area (Å²) in [6.07, 6.45) is 1.80. The van der Waals surface area contributed by atoms with E-state index in [1.807, 2.05) is 30.0 Å². The largest absolute Gasteiger partial charge is 0.338 e. The Kier molecular flexibility index (Phi) is 5.61. The molecule has 0 spiro atoms. The van der Waals surface area contributed by atoms with Gasteiger partial charge in [0.15, 0.2) is 0 Å². The van der Waals surface area contributed by atoms with Crippen LogP contribution < -0.4 is 0 Å². The van der Waals surface area contributed by atoms with Crippen molar-refractivity contribution in [1.29, 1.82) is 0 Å². The zero-order chi connectivity index (χ0) is 17.0. The zero-order valence-electron chi connectivity index (χ0n) is 14.8. The summed E-state index contributed by atoms with van der Waals surface area (Å²) in [6.45, 7) is 9.90. The molecule has 2 atom stereocenters. The number of nitrogens with zero attached hydrogens (tertiary/aromatic N) is 1. The number of rotatable bonds is 4. The van der Waals surface area contributed by atoms with E-state index in [-0.39, 0.29) is 23.2 Å². The average molecular weight is 315 g/mol. The molecule has 0 N–H and O–H groups in total. The van der Waals surface area contributed by atoms with Gasteiger partial charge in [0.2, 0.25) is 5.91 Å². The number of hydrogen-bond acceptors (Lipinski definition) is 2. The first-order valence-corrected chi connectivity index (χ1v) is 8.61. The van der Waals surface area contributed by atoms with Gasteiger partial charge in [-0.25, -0.2) is 0 Å². The van der Waals surface area contributed by atoms with Gasteiger partial charge in [0.25, 0.3) is 0 Å². The number of hydrogen-bond donors (Lipinski definition) is 0. The van der Waals surface area contributed by atoms with Crippen molar-refractivity contribution >= 4 is 11.7 Å². The van der Waals surface area contributed by atoms with Crippen LogP contribution in [-0.2, 0) is 16.1 Å². The summed E-state index contributed by atoms with van der Waals surface area (Å²) in [4.78, 5) is 26.7. The normalized spacial score (nSPS) is 22.0. The molecule has 0 unspecified atom stereocenters. The summed E-state index contributed by atoms with van der Waals surface area (Å²) in [5.74, 6) is 0.650. The second-order valence-electron chi connectivity index (χ2n) is 8.11. The van der Waals surface area contributed by atoms with Gasteiger partial charge in [-0.05, 0) is 23.3 Å². The molecule has 0 bridgehead atoms. The Hall–Kier alpha value is -1.64. The number of carbonyl (C=O) groups excluding carboxylic acids is 2. The summed E-state index contributed by atoms with van der Waals surface area (Å²) in [6, 6.07) is 10.1. The molecule has 1 fully saturated rings. The van der Waals surface area contributed by atoms with Gasteiger partial charge in [0, 0.05) is 31.8 Å². The third kappa shape index (κ3) is 5.19. The Labute approximate surface area is 140 Å². The number of ketones is 1. The van der Waals surface area contributed by atoms with E-state index in [9.17, 15) is 9.59 Å². The fourth-order valence-electron chi connectivity index (χ4n) is 3.39. The van der Waals surface area contributed by atoms with Gasteiger partial charge in [0.05, 0.1) is 0 Å². The Morgan fingerprint density at radius 3 is 2.43 bits per heavy atom. The smallest absolute Gasteiger partial charge is 0.226 e. The second kappa shape index (κ2) is 7.29. The minimum Gasteiger partial charge on any atom is -0.338 e. The molecule has 0 heterocycles. The molecule has 0 radical (unpaired) electrons. The summed E-state index contributed by atoms with van der Waals surface area (Å²) in [5.41, 5.74) is 1.21. The van der Waals surface area contributed by atoms with Crippen LogP contribution in [0.15, 0.2) is 30.3 Å². The topological polar surface area (TPSA) is 37.4 Å². The Morgan fingerprint density at radius 2 is 1.87 bits per heavy atom. The zero-order valence-corrected chi connectivity index (χ0v) is 14.8. The van der Waals surface area contributed by atoms with Crippen molar-refractivity contribution in [2.45, 2.75) is 53.5 Å². The molecule has 2 rings (SSSR count). The molecule has 1 aliphatic carbocycles. The quantitative estimate of drug-likeness (QED) is 0.840. The maximum absolute atomic E-state index is 13.1. The summed E-state index contributed by atoms with van der Waals surface area (Å²) >= 11 is 0. The van der Waals surface area contributed by atoms with Crippen molar-refractivity contribution in [2.24, 2.45) is 17.3 Å². The molecule has 1 aromatic rings. The van der Waals surface area contributed by atoms with Gasteiger partial charge in [-0.1, -0.05) is 58.0 Å². The van der Waals surface area contributed by atoms with Crippen molar-refractivity contribution in [3.05, 3.63) is 35.9 Å². The molecule has 3 nitrogen and oxygen atoms in total. The van der Waals surface area contributed by atoms with Crippen LogP contribution in [0.25, 0.3) is 0 Å². The van der Waals surface area contributed by atoms with E-state index in [2.05, 4.69) is 32.9 Å². The number of amides is 1. The second-order valence-corrected chi connectivity index (χ2v) is 8.11. The first-order valence-electron chi connectivity index (χ1n) is 8.61. The molecular weight excluding hydrogens is 286 g/mol. The Balaban J connectivity index is 2.15. The molecule has 0 aromatic heterocycles. The fourth-order valence-corrected chi connectivity index (χ4v) is 3.39. The molecule has 1 saturated carbocycles. The van der Waals surface area contributed by atoms with E-state index in [1.54, 1.807) is 0 Å². The minimum atomic E-state index is -0.0150. The lowest BCUT2D eigenvalue weighted by molar-refractivity contribution is -0.141. The maximum Gasteiger partial charge on any atom is 0.226 e. The van der Waals surface area contributed by atoms with E-state index in [0.717, 1.165) is 12.1 Å². The van der Waals surface area contributed by atoms with Gasteiger partial charge in [-0.3, -0.25) is 9.59 Å². The molecule has 1 aliphatic rings. The monoisotopic (exact) mass is 315 g/mol. The lowest BCUT2D eigenvalue weighted by atomic mass is 9.78. The van der Waals surface area contributed by atoms with Crippen molar-refractivity contribution in [1.82, 2.24) is 4.90 Å². The third-order valence-electron chi connectivity index (χ3n) is 4.48. The molecule has 23 heavy (non-hydrogen) atoms. The van der Waals surface area contributed by atoms with E-state index >= 15 is 0 Å². The highest BCUT2D eigenvalue weighted by molar-refractivity contribution is 5.85. The van der Waals surface area contributed by atoms with Gasteiger partial charge in [-0.15, -0.1) is 0 Å². The maximum atomic E-state index is 13.1. The Bertz CT molecular complexity index is 545. The minimum absolute atomic E-state index is 0.0150. The van der Waals surface area contributed by atoms with E-state index in [1.165, 1.54) is 0 Å². The fraction of sp³-hybridized carbons (Fsp3) is 0.600. The predicted octanol–water partition coefficient (Wildman–Crippen LogP) is 4.07. The molecule has 0 saturated heterocycles. The van der Waals surface area contributed by atoms with Crippen LogP contribution in [-0.4, -0.2) is 23.1 Å². The van der Waals surface area contributed by atoms with Gasteiger partial charge in [-0.2, -0.15) is 0 Å². The van der Waals surface area contributed by atoms with Crippen LogP contribution in [0.1, 0.15) is 52.5 Å². The number of carbonyl (C=O) groups is 2. The summed E-state index contributed by atoms with van der Waals surface area (Å²) in [7, 11) is 0. The molecule has 126 valence electrons. The first-order chi connectivity index (χ1) is 10.8. The highest BCUT2D eigenvalue weighted by Gasteiger charge is 2.35. The third-order valence-corrected chi connectivity index (χ3v) is 4.48. The van der Waals surface area contributed by atoms with Crippen LogP contribution in [0.5, 0.6) is 0 Å². The standard InChI is InChI=1S/C20H29NO2/c1-15-12-17(22)10-11-18(15)19(23)21(14-20(2,3)4)13-16-8-6-5-7-9-16/h5-9,15,18H,10-14H2,1-4H3/t15-,18+/m1/s1. The number of Topliss-reactive ketones (excluding diaryl/α,β-unsaturated/α-hetero) is 1. The van der Waals surface area contributed by atoms with E-state index in [0.29, 0.717) is 31.6 Å². The van der Waals surface area contributed by atoms with Gasteiger partial charge >= 0.3 is 0 Å². The molecule has 3 heteroatoms. The van der Waals surface area contributed by atoms with Gasteiger partial charge in [0.1, 0.15) is 5.78 Å². The van der Waals surface area contributed by atoms with Crippen molar-refractivity contribution in [3.63, 3.8) is 0 Å². The lowest BCUT2D eigenvalue weighted by Crippen LogP contribution is -2.44. The van der Waals surface area contributed by atoms with Crippen molar-refractivity contribution in [2.75, 3.05) is 6.54 Å². The first kappa shape index (κ1) is 17.7. The SMILES string of the molecule is C[C@@H]1CC(=O)CC[C@@H]1C(=O)N(Cc1ccccc1)CC(C)(C)C. The average Bonchev–Trinajstić information content (AvgIpc) is 2.45. The number of benzene rings is 1. The highest BCUT2D eigenvalue weighted by atomic mass is 16.2. The molecule has 1 aromatic carbocycles. The highest BCUT2D eigenvalue weighted by Crippen LogP contribution is 2.31. The van der Waals surface area contributed by atoms with E-state index < -0.39 is 0 Å². The van der Waals surface area contributed by atoms with Crippen LogP contribution in [0.2, 0.25) is 0 Å². The van der Waals surface area contributed by atoms with Crippen LogP contribution >= 0.6 is 0 Å². The Morgan fingerprint density at radius 1 is 1.22 bits per heavy atom. The lowest BCUT2D eigenvalue weighted by Gasteiger charge is -2.36. The summed E-state index contributed by atoms with van der Waals surface area (Å²) in [5, 5.41) is 0. The van der Waals surface area contributed by atoms with Crippen LogP contribution in [0, 0.1) is 17.3 Å². The van der Waals surface area contributed by atoms with Crippen molar-refractivity contribution in [3.8, 4) is 0 Å². The van der Waals surface area contributed by atoms with Crippen LogP contribution in [0.3, 0.4) is 0 Å². The predicted molar refractivity (Wildman–Crippen MR) is 92.8 cm³/mol.